The molecule has 102 valence electrons. The van der Waals surface area contributed by atoms with E-state index in [1.54, 1.807) is 14.2 Å². The number of aliphatic hydroxyl groups excluding tert-OH is 1. The summed E-state index contributed by atoms with van der Waals surface area (Å²) in [5.41, 5.74) is 0. The van der Waals surface area contributed by atoms with Crippen molar-refractivity contribution in [2.75, 3.05) is 27.0 Å². The lowest BCUT2D eigenvalue weighted by Crippen LogP contribution is -2.45. The van der Waals surface area contributed by atoms with Gasteiger partial charge in [-0.05, 0) is 18.9 Å². The van der Waals surface area contributed by atoms with E-state index in [2.05, 4.69) is 5.32 Å². The summed E-state index contributed by atoms with van der Waals surface area (Å²) in [5.74, 6) is 0.137. The minimum absolute atomic E-state index is 0.0553. The van der Waals surface area contributed by atoms with Crippen LogP contribution in [0.4, 0.5) is 0 Å². The first-order valence-corrected chi connectivity index (χ1v) is 8.27. The predicted octanol–water partition coefficient (Wildman–Crippen LogP) is 0.805. The number of hydrogen-bond acceptors (Lipinski definition) is 4. The van der Waals surface area contributed by atoms with Crippen LogP contribution >= 0.6 is 0 Å². The molecule has 0 aliphatic heterocycles. The standard InChI is InChI=1S/C11H25NO4Si/c1-5-10(2)11(14)12-7-6-8-17(9-13,15-3)16-4/h10,13H,5-9H2,1-4H3,(H,12,14). The van der Waals surface area contributed by atoms with Gasteiger partial charge in [0.2, 0.25) is 5.91 Å². The van der Waals surface area contributed by atoms with Crippen molar-refractivity contribution < 1.29 is 18.8 Å². The van der Waals surface area contributed by atoms with Gasteiger partial charge in [0.05, 0.1) is 6.23 Å². The summed E-state index contributed by atoms with van der Waals surface area (Å²) in [6.07, 6.45) is 1.55. The lowest BCUT2D eigenvalue weighted by atomic mass is 10.1. The van der Waals surface area contributed by atoms with Gasteiger partial charge in [0.1, 0.15) is 0 Å². The molecular weight excluding hydrogens is 238 g/mol. The fourth-order valence-corrected chi connectivity index (χ4v) is 3.13. The molecule has 1 atom stereocenters. The van der Waals surface area contributed by atoms with E-state index >= 15 is 0 Å². The fourth-order valence-electron chi connectivity index (χ4n) is 1.42. The fraction of sp³-hybridized carbons (Fsp3) is 0.909. The molecule has 1 unspecified atom stereocenters. The first kappa shape index (κ1) is 16.6. The third-order valence-corrected chi connectivity index (χ3v) is 6.16. The van der Waals surface area contributed by atoms with Gasteiger partial charge in [-0.3, -0.25) is 4.79 Å². The van der Waals surface area contributed by atoms with Gasteiger partial charge in [0, 0.05) is 26.7 Å². The van der Waals surface area contributed by atoms with Crippen molar-refractivity contribution in [3.8, 4) is 0 Å². The summed E-state index contributed by atoms with van der Waals surface area (Å²) in [5, 5.41) is 12.1. The maximum Gasteiger partial charge on any atom is 0.364 e. The van der Waals surface area contributed by atoms with E-state index in [-0.39, 0.29) is 18.1 Å². The summed E-state index contributed by atoms with van der Waals surface area (Å²) in [4.78, 5) is 11.5. The van der Waals surface area contributed by atoms with Gasteiger partial charge in [-0.15, -0.1) is 0 Å². The average molecular weight is 263 g/mol. The quantitative estimate of drug-likeness (QED) is 0.477. The Hall–Kier alpha value is -0.433. The van der Waals surface area contributed by atoms with E-state index in [9.17, 15) is 9.90 Å². The van der Waals surface area contributed by atoms with E-state index in [1.807, 2.05) is 13.8 Å². The smallest absolute Gasteiger partial charge is 0.364 e. The van der Waals surface area contributed by atoms with Gasteiger partial charge < -0.3 is 19.3 Å². The number of amides is 1. The van der Waals surface area contributed by atoms with Crippen LogP contribution in [0, 0.1) is 5.92 Å². The van der Waals surface area contributed by atoms with Crippen molar-refractivity contribution in [2.24, 2.45) is 5.92 Å². The lowest BCUT2D eigenvalue weighted by Gasteiger charge is -2.25. The van der Waals surface area contributed by atoms with E-state index in [4.69, 9.17) is 8.85 Å². The molecule has 0 aromatic heterocycles. The van der Waals surface area contributed by atoms with Crippen molar-refractivity contribution in [3.05, 3.63) is 0 Å². The molecule has 0 radical (unpaired) electrons. The minimum Gasteiger partial charge on any atom is -0.396 e. The van der Waals surface area contributed by atoms with E-state index in [0.29, 0.717) is 12.6 Å². The first-order chi connectivity index (χ1) is 8.05. The van der Waals surface area contributed by atoms with Gasteiger partial charge in [0.15, 0.2) is 0 Å². The second-order valence-electron chi connectivity index (χ2n) is 4.18. The molecule has 0 saturated heterocycles. The third-order valence-electron chi connectivity index (χ3n) is 3.08. The average Bonchev–Trinajstić information content (AvgIpc) is 2.38. The maximum absolute atomic E-state index is 11.5. The summed E-state index contributed by atoms with van der Waals surface area (Å²) in [6.45, 7) is 4.50. The van der Waals surface area contributed by atoms with Crippen LogP contribution in [0.25, 0.3) is 0 Å². The molecule has 17 heavy (non-hydrogen) atoms. The highest BCUT2D eigenvalue weighted by atomic mass is 28.4. The molecule has 0 bridgehead atoms. The molecule has 1 amide bonds. The van der Waals surface area contributed by atoms with Gasteiger partial charge in [-0.25, -0.2) is 0 Å². The number of rotatable bonds is 9. The maximum atomic E-state index is 11.5. The summed E-state index contributed by atoms with van der Waals surface area (Å²) in [6, 6.07) is 0.678. The molecule has 2 N–H and O–H groups in total. The second-order valence-corrected chi connectivity index (χ2v) is 7.64. The van der Waals surface area contributed by atoms with Crippen molar-refractivity contribution in [2.45, 2.75) is 32.7 Å². The zero-order valence-corrected chi connectivity index (χ0v) is 12.3. The van der Waals surface area contributed by atoms with Crippen molar-refractivity contribution in [1.82, 2.24) is 5.32 Å². The number of carbonyl (C=O) groups excluding carboxylic acids is 1. The minimum atomic E-state index is -2.42. The summed E-state index contributed by atoms with van der Waals surface area (Å²) < 4.78 is 10.5. The monoisotopic (exact) mass is 263 g/mol. The first-order valence-electron chi connectivity index (χ1n) is 6.04. The van der Waals surface area contributed by atoms with Crippen molar-refractivity contribution >= 4 is 14.5 Å². The molecule has 0 saturated carbocycles. The molecule has 5 nitrogen and oxygen atoms in total. The molecular formula is C11H25NO4Si. The second kappa shape index (κ2) is 8.63. The van der Waals surface area contributed by atoms with Crippen LogP contribution in [0.5, 0.6) is 0 Å². The Balaban J connectivity index is 3.87. The Morgan fingerprint density at radius 2 is 2.00 bits per heavy atom. The highest BCUT2D eigenvalue weighted by molar-refractivity contribution is 6.67. The van der Waals surface area contributed by atoms with Gasteiger partial charge >= 0.3 is 8.56 Å². The molecule has 0 aromatic carbocycles. The highest BCUT2D eigenvalue weighted by Gasteiger charge is 2.34. The van der Waals surface area contributed by atoms with Crippen LogP contribution in [-0.4, -0.2) is 46.6 Å². The molecule has 6 heteroatoms. The topological polar surface area (TPSA) is 67.8 Å². The number of nitrogens with one attached hydrogen (secondary N) is 1. The third kappa shape index (κ3) is 5.63. The number of carbonyl (C=O) groups is 1. The van der Waals surface area contributed by atoms with E-state index < -0.39 is 8.56 Å². The Labute approximate surface area is 105 Å². The molecule has 0 spiro atoms. The summed E-state index contributed by atoms with van der Waals surface area (Å²) >= 11 is 0. The molecule has 0 heterocycles. The van der Waals surface area contributed by atoms with Crippen LogP contribution in [0.2, 0.25) is 6.04 Å². The van der Waals surface area contributed by atoms with Gasteiger partial charge in [0.25, 0.3) is 0 Å². The highest BCUT2D eigenvalue weighted by Crippen LogP contribution is 2.13. The van der Waals surface area contributed by atoms with Crippen molar-refractivity contribution in [3.63, 3.8) is 0 Å². The van der Waals surface area contributed by atoms with E-state index in [1.165, 1.54) is 0 Å². The largest absolute Gasteiger partial charge is 0.396 e. The SMILES string of the molecule is CCC(C)C(=O)NCCC[Si](CO)(OC)OC. The number of hydrogen-bond donors (Lipinski definition) is 2. The zero-order chi connectivity index (χ0) is 13.3. The van der Waals surface area contributed by atoms with Gasteiger partial charge in [-0.1, -0.05) is 13.8 Å². The Bertz CT molecular complexity index is 213. The van der Waals surface area contributed by atoms with Crippen LogP contribution in [-0.2, 0) is 13.6 Å². The molecule has 0 aromatic rings. The van der Waals surface area contributed by atoms with Crippen LogP contribution in [0.1, 0.15) is 26.7 Å². The van der Waals surface area contributed by atoms with Crippen LogP contribution in [0.3, 0.4) is 0 Å². The van der Waals surface area contributed by atoms with Gasteiger partial charge in [-0.2, -0.15) is 0 Å². The van der Waals surface area contributed by atoms with Crippen LogP contribution < -0.4 is 5.32 Å². The van der Waals surface area contributed by atoms with Crippen molar-refractivity contribution in [1.29, 1.82) is 0 Å². The predicted molar refractivity (Wildman–Crippen MR) is 68.7 cm³/mol. The molecule has 0 aliphatic rings. The molecule has 0 fully saturated rings. The summed E-state index contributed by atoms with van der Waals surface area (Å²) in [7, 11) is 0.698. The normalized spacial score (nSPS) is 13.5. The molecule has 0 aliphatic carbocycles. The number of aliphatic hydroxyl groups is 1. The molecule has 0 rings (SSSR count). The van der Waals surface area contributed by atoms with E-state index in [0.717, 1.165) is 12.8 Å². The Morgan fingerprint density at radius 3 is 2.41 bits per heavy atom. The Kier molecular flexibility index (Phi) is 8.41. The Morgan fingerprint density at radius 1 is 1.41 bits per heavy atom. The van der Waals surface area contributed by atoms with Crippen LogP contribution in [0.15, 0.2) is 0 Å². The zero-order valence-electron chi connectivity index (χ0n) is 11.3. The lowest BCUT2D eigenvalue weighted by molar-refractivity contribution is -0.124.